The minimum Gasteiger partial charge on any atom is -0.358 e. The number of nitro groups is 1. The number of hydrogen-bond donors (Lipinski definition) is 1. The molecule has 2 aliphatic rings. The third-order valence-electron chi connectivity index (χ3n) is 5.11. The van der Waals surface area contributed by atoms with Crippen LogP contribution in [0.4, 0.5) is 5.82 Å². The number of hydrogen-bond acceptors (Lipinski definition) is 4. The smallest absolute Gasteiger partial charge is 0.323 e. The van der Waals surface area contributed by atoms with Crippen LogP contribution >= 0.6 is 0 Å². The fourth-order valence-electron chi connectivity index (χ4n) is 3.80. The number of carbonyl (C=O) groups is 1. The minimum absolute atomic E-state index is 0.0581. The van der Waals surface area contributed by atoms with Gasteiger partial charge in [0.15, 0.2) is 5.69 Å². The fraction of sp³-hybridized carbons (Fsp3) is 0.643. The molecule has 0 aliphatic carbocycles. The van der Waals surface area contributed by atoms with Crippen LogP contribution in [-0.4, -0.2) is 45.5 Å². The maximum atomic E-state index is 12.8. The van der Waals surface area contributed by atoms with Crippen molar-refractivity contribution in [2.24, 2.45) is 18.9 Å². The van der Waals surface area contributed by atoms with E-state index in [4.69, 9.17) is 0 Å². The average Bonchev–Trinajstić information content (AvgIpc) is 3.05. The Labute approximate surface area is 123 Å². The zero-order valence-corrected chi connectivity index (χ0v) is 12.5. The average molecular weight is 292 g/mol. The van der Waals surface area contributed by atoms with Gasteiger partial charge >= 0.3 is 5.82 Å². The topological polar surface area (TPSA) is 80.4 Å². The molecule has 3 rings (SSSR count). The van der Waals surface area contributed by atoms with Crippen molar-refractivity contribution < 1.29 is 9.72 Å². The van der Waals surface area contributed by atoms with E-state index in [1.165, 1.54) is 10.6 Å². The summed E-state index contributed by atoms with van der Waals surface area (Å²) in [4.78, 5) is 25.1. The van der Waals surface area contributed by atoms with E-state index >= 15 is 0 Å². The lowest BCUT2D eigenvalue weighted by molar-refractivity contribution is -0.391. The van der Waals surface area contributed by atoms with Crippen LogP contribution in [-0.2, 0) is 7.05 Å². The zero-order chi connectivity index (χ0) is 15.4. The number of carbonyl (C=O) groups excluding carboxylic acids is 1. The largest absolute Gasteiger partial charge is 0.358 e. The maximum absolute atomic E-state index is 12.8. The predicted molar refractivity (Wildman–Crippen MR) is 77.0 cm³/mol. The molecule has 3 heterocycles. The molecule has 2 saturated heterocycles. The lowest BCUT2D eigenvalue weighted by atomic mass is 9.85. The molecule has 0 bridgehead atoms. The molecule has 1 amide bonds. The molecule has 2 aliphatic heterocycles. The first kappa shape index (κ1) is 14.1. The molecule has 0 saturated carbocycles. The van der Waals surface area contributed by atoms with Gasteiger partial charge in [-0.25, -0.2) is 4.57 Å². The molecule has 2 fully saturated rings. The fourth-order valence-corrected chi connectivity index (χ4v) is 3.80. The van der Waals surface area contributed by atoms with Gasteiger partial charge in [0.05, 0.1) is 7.05 Å². The minimum atomic E-state index is -0.468. The van der Waals surface area contributed by atoms with Crippen LogP contribution in [0.25, 0.3) is 0 Å². The summed E-state index contributed by atoms with van der Waals surface area (Å²) in [5.41, 5.74) is 0.146. The van der Waals surface area contributed by atoms with Crippen LogP contribution in [0, 0.1) is 22.0 Å². The van der Waals surface area contributed by atoms with E-state index < -0.39 is 4.92 Å². The molecular formula is C14H20N4O3. The third kappa shape index (κ3) is 1.95. The van der Waals surface area contributed by atoms with Gasteiger partial charge in [0.25, 0.3) is 5.91 Å². The van der Waals surface area contributed by atoms with E-state index in [0.717, 1.165) is 13.1 Å². The highest BCUT2D eigenvalue weighted by atomic mass is 16.6. The van der Waals surface area contributed by atoms with E-state index in [1.54, 1.807) is 13.1 Å². The van der Waals surface area contributed by atoms with Crippen molar-refractivity contribution in [3.63, 3.8) is 0 Å². The lowest BCUT2D eigenvalue weighted by Crippen LogP contribution is -2.48. The molecule has 21 heavy (non-hydrogen) atoms. The van der Waals surface area contributed by atoms with Gasteiger partial charge in [-0.15, -0.1) is 0 Å². The molecule has 2 atom stereocenters. The molecule has 1 aromatic heterocycles. The quantitative estimate of drug-likeness (QED) is 0.651. The van der Waals surface area contributed by atoms with E-state index in [0.29, 0.717) is 24.1 Å². The van der Waals surface area contributed by atoms with Crippen molar-refractivity contribution in [3.05, 3.63) is 27.9 Å². The molecule has 0 radical (unpaired) electrons. The van der Waals surface area contributed by atoms with Crippen LogP contribution < -0.4 is 5.32 Å². The highest BCUT2D eigenvalue weighted by Gasteiger charge is 2.52. The van der Waals surface area contributed by atoms with Gasteiger partial charge in [0.1, 0.15) is 0 Å². The molecule has 1 aromatic rings. The molecule has 0 spiro atoms. The highest BCUT2D eigenvalue weighted by molar-refractivity contribution is 5.94. The predicted octanol–water partition coefficient (Wildman–Crippen LogP) is 1.00. The van der Waals surface area contributed by atoms with Crippen LogP contribution in [0.15, 0.2) is 12.1 Å². The standard InChI is InChI=1S/C14H20N4O3/c1-14(2)10-7-15-6-9(10)8-17(14)13(19)11-4-5-12(16(11)3)18(20)21/h4-5,9-10,15H,6-8H2,1-3H3. The maximum Gasteiger partial charge on any atom is 0.323 e. The summed E-state index contributed by atoms with van der Waals surface area (Å²) < 4.78 is 1.37. The summed E-state index contributed by atoms with van der Waals surface area (Å²) in [6.45, 7) is 6.74. The summed E-state index contributed by atoms with van der Waals surface area (Å²) in [6, 6.07) is 2.93. The molecular weight excluding hydrogens is 272 g/mol. The van der Waals surface area contributed by atoms with E-state index in [-0.39, 0.29) is 17.3 Å². The Balaban J connectivity index is 1.91. The van der Waals surface area contributed by atoms with Crippen LogP contribution in [0.5, 0.6) is 0 Å². The Morgan fingerprint density at radius 1 is 1.43 bits per heavy atom. The van der Waals surface area contributed by atoms with Gasteiger partial charge in [-0.2, -0.15) is 0 Å². The van der Waals surface area contributed by atoms with Crippen molar-refractivity contribution in [1.82, 2.24) is 14.8 Å². The number of amides is 1. The first-order valence-electron chi connectivity index (χ1n) is 7.17. The number of likely N-dealkylation sites (tertiary alicyclic amines) is 1. The highest BCUT2D eigenvalue weighted by Crippen LogP contribution is 2.41. The number of nitrogens with zero attached hydrogens (tertiary/aromatic N) is 3. The van der Waals surface area contributed by atoms with Crippen molar-refractivity contribution in [3.8, 4) is 0 Å². The van der Waals surface area contributed by atoms with Crippen LogP contribution in [0.3, 0.4) is 0 Å². The SMILES string of the molecule is Cn1c(C(=O)N2CC3CNCC3C2(C)C)ccc1[N+](=O)[O-]. The first-order chi connectivity index (χ1) is 9.84. The number of nitrogens with one attached hydrogen (secondary N) is 1. The van der Waals surface area contributed by atoms with Crippen LogP contribution in [0.1, 0.15) is 24.3 Å². The second kappa shape index (κ2) is 4.56. The Morgan fingerprint density at radius 2 is 2.14 bits per heavy atom. The Bertz CT molecular complexity index is 607. The Kier molecular flexibility index (Phi) is 3.05. The summed E-state index contributed by atoms with van der Waals surface area (Å²) in [5, 5.41) is 14.3. The second-order valence-corrected chi connectivity index (χ2v) is 6.49. The van der Waals surface area contributed by atoms with Gasteiger partial charge < -0.3 is 20.3 Å². The molecule has 7 nitrogen and oxygen atoms in total. The summed E-state index contributed by atoms with van der Waals surface area (Å²) in [6.07, 6.45) is 0. The van der Waals surface area contributed by atoms with Crippen LogP contribution in [0.2, 0.25) is 0 Å². The summed E-state index contributed by atoms with van der Waals surface area (Å²) >= 11 is 0. The summed E-state index contributed by atoms with van der Waals surface area (Å²) in [7, 11) is 1.57. The Hall–Kier alpha value is -1.89. The van der Waals surface area contributed by atoms with E-state index in [1.807, 2.05) is 4.90 Å². The Morgan fingerprint density at radius 3 is 2.71 bits per heavy atom. The molecule has 7 heteroatoms. The number of rotatable bonds is 2. The van der Waals surface area contributed by atoms with Gasteiger partial charge in [-0.3, -0.25) is 4.79 Å². The van der Waals surface area contributed by atoms with Gasteiger partial charge in [-0.05, 0) is 36.7 Å². The molecule has 1 N–H and O–H groups in total. The van der Waals surface area contributed by atoms with Gasteiger partial charge in [-0.1, -0.05) is 0 Å². The van der Waals surface area contributed by atoms with Crippen molar-refractivity contribution >= 4 is 11.7 Å². The van der Waals surface area contributed by atoms with E-state index in [2.05, 4.69) is 19.2 Å². The normalized spacial score (nSPS) is 26.9. The van der Waals surface area contributed by atoms with Crippen molar-refractivity contribution in [1.29, 1.82) is 0 Å². The third-order valence-corrected chi connectivity index (χ3v) is 5.11. The van der Waals surface area contributed by atoms with Crippen molar-refractivity contribution in [2.45, 2.75) is 19.4 Å². The van der Waals surface area contributed by atoms with Crippen molar-refractivity contribution in [2.75, 3.05) is 19.6 Å². The zero-order valence-electron chi connectivity index (χ0n) is 12.5. The monoisotopic (exact) mass is 292 g/mol. The molecule has 0 aromatic carbocycles. The summed E-state index contributed by atoms with van der Waals surface area (Å²) in [5.74, 6) is 0.734. The van der Waals surface area contributed by atoms with Gasteiger partial charge in [0.2, 0.25) is 0 Å². The van der Waals surface area contributed by atoms with E-state index in [9.17, 15) is 14.9 Å². The number of aromatic nitrogens is 1. The second-order valence-electron chi connectivity index (χ2n) is 6.49. The number of fused-ring (bicyclic) bond motifs is 1. The van der Waals surface area contributed by atoms with Gasteiger partial charge in [0, 0.05) is 31.2 Å². The molecule has 114 valence electrons. The lowest BCUT2D eigenvalue weighted by Gasteiger charge is -2.35. The molecule has 2 unspecified atom stereocenters. The first-order valence-corrected chi connectivity index (χ1v) is 7.17.